The fraction of sp³-hybridized carbons (Fsp3) is 0.250. The summed E-state index contributed by atoms with van der Waals surface area (Å²) in [5.74, 6) is 0.156. The Hall–Kier alpha value is -3.59. The largest absolute Gasteiger partial charge is 0.508 e. The lowest BCUT2D eigenvalue weighted by atomic mass is 10.1. The Labute approximate surface area is 189 Å². The average Bonchev–Trinajstić information content (AvgIpc) is 2.80. The van der Waals surface area contributed by atoms with Crippen molar-refractivity contribution in [3.05, 3.63) is 83.6 Å². The number of pyridine rings is 1. The number of nitrogens with zero attached hydrogens (tertiary/aromatic N) is 3. The van der Waals surface area contributed by atoms with Crippen LogP contribution in [0.5, 0.6) is 5.75 Å². The van der Waals surface area contributed by atoms with Gasteiger partial charge in [0.2, 0.25) is 0 Å². The van der Waals surface area contributed by atoms with Gasteiger partial charge in [0, 0.05) is 32.7 Å². The van der Waals surface area contributed by atoms with Gasteiger partial charge in [-0.05, 0) is 42.0 Å². The Bertz CT molecular complexity index is 1110. The van der Waals surface area contributed by atoms with Crippen molar-refractivity contribution in [1.82, 2.24) is 9.88 Å². The van der Waals surface area contributed by atoms with Crippen molar-refractivity contribution < 1.29 is 23.1 Å². The molecule has 3 aromatic rings. The molecule has 6 nitrogen and oxygen atoms in total. The first-order valence-corrected chi connectivity index (χ1v) is 10.5. The number of aromatic nitrogens is 1. The predicted octanol–water partition coefficient (Wildman–Crippen LogP) is 4.38. The number of hydrogen-bond acceptors (Lipinski definition) is 5. The van der Waals surface area contributed by atoms with Crippen LogP contribution in [-0.2, 0) is 12.7 Å². The van der Waals surface area contributed by atoms with Crippen molar-refractivity contribution in [2.45, 2.75) is 12.7 Å². The summed E-state index contributed by atoms with van der Waals surface area (Å²) in [6.07, 6.45) is -3.17. The van der Waals surface area contributed by atoms with E-state index in [-0.39, 0.29) is 5.75 Å². The highest BCUT2D eigenvalue weighted by atomic mass is 19.4. The molecule has 4 rings (SSSR count). The van der Waals surface area contributed by atoms with Gasteiger partial charge in [-0.2, -0.15) is 13.2 Å². The molecule has 0 aliphatic carbocycles. The number of carbonyl (C=O) groups excluding carboxylic acids is 1. The maximum atomic E-state index is 13.2. The summed E-state index contributed by atoms with van der Waals surface area (Å²) < 4.78 is 39.5. The van der Waals surface area contributed by atoms with E-state index in [4.69, 9.17) is 0 Å². The van der Waals surface area contributed by atoms with Crippen LogP contribution < -0.4 is 10.2 Å². The summed E-state index contributed by atoms with van der Waals surface area (Å²) in [7, 11) is 0. The zero-order valence-electron chi connectivity index (χ0n) is 17.7. The molecule has 0 saturated carbocycles. The molecule has 0 spiro atoms. The van der Waals surface area contributed by atoms with Crippen molar-refractivity contribution in [1.29, 1.82) is 0 Å². The molecule has 0 bridgehead atoms. The number of alkyl halides is 3. The highest BCUT2D eigenvalue weighted by Gasteiger charge is 2.34. The Morgan fingerprint density at radius 2 is 1.76 bits per heavy atom. The monoisotopic (exact) mass is 456 g/mol. The third-order valence-electron chi connectivity index (χ3n) is 5.50. The van der Waals surface area contributed by atoms with E-state index < -0.39 is 23.2 Å². The Balaban J connectivity index is 1.34. The quantitative estimate of drug-likeness (QED) is 0.597. The highest BCUT2D eigenvalue weighted by molar-refractivity contribution is 6.05. The zero-order valence-corrected chi connectivity index (χ0v) is 17.7. The van der Waals surface area contributed by atoms with Gasteiger partial charge in [0.05, 0.1) is 23.0 Å². The molecular weight excluding hydrogens is 433 g/mol. The van der Waals surface area contributed by atoms with E-state index in [1.807, 2.05) is 12.1 Å². The number of rotatable bonds is 5. The molecular formula is C24H23F3N4O2. The molecule has 1 saturated heterocycles. The molecule has 2 N–H and O–H groups in total. The summed E-state index contributed by atoms with van der Waals surface area (Å²) in [5, 5.41) is 12.1. The number of nitrogens with one attached hydrogen (secondary N) is 1. The van der Waals surface area contributed by atoms with E-state index in [0.717, 1.165) is 56.2 Å². The van der Waals surface area contributed by atoms with E-state index in [9.17, 15) is 23.1 Å². The van der Waals surface area contributed by atoms with Crippen molar-refractivity contribution in [3.63, 3.8) is 0 Å². The average molecular weight is 456 g/mol. The van der Waals surface area contributed by atoms with Gasteiger partial charge in [0.25, 0.3) is 5.91 Å². The van der Waals surface area contributed by atoms with Crippen LogP contribution in [-0.4, -0.2) is 47.1 Å². The van der Waals surface area contributed by atoms with Crippen LogP contribution in [0, 0.1) is 0 Å². The van der Waals surface area contributed by atoms with Crippen LogP contribution in [0.1, 0.15) is 21.5 Å². The smallest absolute Gasteiger partial charge is 0.417 e. The van der Waals surface area contributed by atoms with Gasteiger partial charge < -0.3 is 15.3 Å². The Morgan fingerprint density at radius 3 is 2.42 bits per heavy atom. The number of anilines is 2. The minimum atomic E-state index is -4.61. The van der Waals surface area contributed by atoms with Gasteiger partial charge in [-0.25, -0.2) is 4.98 Å². The number of carbonyl (C=O) groups is 1. The number of aromatic hydroxyl groups is 1. The minimum Gasteiger partial charge on any atom is -0.508 e. The number of halogens is 3. The number of benzene rings is 2. The van der Waals surface area contributed by atoms with E-state index in [0.29, 0.717) is 5.69 Å². The van der Waals surface area contributed by atoms with E-state index in [1.54, 1.807) is 24.3 Å². The van der Waals surface area contributed by atoms with Crippen LogP contribution in [0.25, 0.3) is 0 Å². The number of phenolic OH excluding ortho intramolecular Hbond substituents is 1. The second-order valence-corrected chi connectivity index (χ2v) is 7.84. The number of phenols is 1. The summed E-state index contributed by atoms with van der Waals surface area (Å²) in [6, 6.07) is 15.3. The molecule has 1 fully saturated rings. The van der Waals surface area contributed by atoms with Gasteiger partial charge in [0.1, 0.15) is 11.6 Å². The molecule has 0 atom stereocenters. The number of piperazine rings is 1. The Kier molecular flexibility index (Phi) is 6.50. The summed E-state index contributed by atoms with van der Waals surface area (Å²) in [5.41, 5.74) is -0.0374. The van der Waals surface area contributed by atoms with Crippen molar-refractivity contribution in [2.24, 2.45) is 0 Å². The van der Waals surface area contributed by atoms with Crippen LogP contribution in [0.4, 0.5) is 24.7 Å². The van der Waals surface area contributed by atoms with Gasteiger partial charge in [-0.1, -0.05) is 24.3 Å². The second-order valence-electron chi connectivity index (χ2n) is 7.84. The summed E-state index contributed by atoms with van der Waals surface area (Å²) in [6.45, 7) is 3.92. The zero-order chi connectivity index (χ0) is 23.4. The molecule has 1 aliphatic heterocycles. The first kappa shape index (κ1) is 22.6. The molecule has 2 heterocycles. The molecule has 1 amide bonds. The topological polar surface area (TPSA) is 68.7 Å². The molecule has 9 heteroatoms. The number of hydrogen-bond donors (Lipinski definition) is 2. The van der Waals surface area contributed by atoms with Crippen molar-refractivity contribution in [3.8, 4) is 5.75 Å². The van der Waals surface area contributed by atoms with Crippen molar-refractivity contribution >= 4 is 17.4 Å². The molecule has 0 unspecified atom stereocenters. The van der Waals surface area contributed by atoms with Gasteiger partial charge >= 0.3 is 6.18 Å². The highest BCUT2D eigenvalue weighted by Crippen LogP contribution is 2.32. The van der Waals surface area contributed by atoms with Crippen LogP contribution in [0.3, 0.4) is 0 Å². The lowest BCUT2D eigenvalue weighted by Crippen LogP contribution is -2.46. The summed E-state index contributed by atoms with van der Waals surface area (Å²) in [4.78, 5) is 21.2. The minimum absolute atomic E-state index is 0.254. The molecule has 33 heavy (non-hydrogen) atoms. The number of amides is 1. The van der Waals surface area contributed by atoms with Crippen molar-refractivity contribution in [2.75, 3.05) is 36.4 Å². The lowest BCUT2D eigenvalue weighted by Gasteiger charge is -2.35. The molecule has 172 valence electrons. The maximum Gasteiger partial charge on any atom is 0.417 e. The lowest BCUT2D eigenvalue weighted by molar-refractivity contribution is -0.137. The third kappa shape index (κ3) is 5.61. The first-order chi connectivity index (χ1) is 15.8. The normalized spacial score (nSPS) is 14.8. The fourth-order valence-electron chi connectivity index (χ4n) is 3.82. The fourth-order valence-corrected chi connectivity index (χ4v) is 3.82. The molecule has 1 aromatic heterocycles. The van der Waals surface area contributed by atoms with E-state index in [1.165, 1.54) is 18.3 Å². The van der Waals surface area contributed by atoms with Gasteiger partial charge in [0.15, 0.2) is 0 Å². The summed E-state index contributed by atoms with van der Waals surface area (Å²) >= 11 is 0. The Morgan fingerprint density at radius 1 is 1.00 bits per heavy atom. The standard InChI is InChI=1S/C24H23F3N4O2/c25-24(26,27)21-7-2-1-6-20(21)23(33)29-18-8-9-22(28-15-18)31-12-10-30(11-13-31)16-17-4-3-5-19(32)14-17/h1-9,14-15,32H,10-13,16H2,(H,29,33). The molecule has 1 aliphatic rings. The van der Waals surface area contributed by atoms with Gasteiger partial charge in [-0.15, -0.1) is 0 Å². The molecule has 2 aromatic carbocycles. The van der Waals surface area contributed by atoms with Crippen LogP contribution in [0.2, 0.25) is 0 Å². The van der Waals surface area contributed by atoms with Crippen LogP contribution in [0.15, 0.2) is 66.9 Å². The first-order valence-electron chi connectivity index (χ1n) is 10.5. The van der Waals surface area contributed by atoms with E-state index >= 15 is 0 Å². The second kappa shape index (κ2) is 9.50. The van der Waals surface area contributed by atoms with Crippen LogP contribution >= 0.6 is 0 Å². The molecule has 0 radical (unpaired) electrons. The van der Waals surface area contributed by atoms with Gasteiger partial charge in [-0.3, -0.25) is 9.69 Å². The SMILES string of the molecule is O=C(Nc1ccc(N2CCN(Cc3cccc(O)c3)CC2)nc1)c1ccccc1C(F)(F)F. The van der Waals surface area contributed by atoms with E-state index in [2.05, 4.69) is 20.1 Å². The third-order valence-corrected chi connectivity index (χ3v) is 5.50. The maximum absolute atomic E-state index is 13.2. The predicted molar refractivity (Wildman–Crippen MR) is 119 cm³/mol.